The number of nitrogens with one attached hydrogen (secondary N) is 1. The lowest BCUT2D eigenvalue weighted by molar-refractivity contribution is 0.367. The molecule has 2 aromatic heterocycles. The van der Waals surface area contributed by atoms with E-state index in [1.807, 2.05) is 6.92 Å². The zero-order chi connectivity index (χ0) is 13.0. The van der Waals surface area contributed by atoms with E-state index in [1.165, 1.54) is 5.56 Å². The van der Waals surface area contributed by atoms with E-state index in [2.05, 4.69) is 52.3 Å². The fourth-order valence-corrected chi connectivity index (χ4v) is 2.07. The van der Waals surface area contributed by atoms with Crippen molar-refractivity contribution >= 4 is 0 Å². The van der Waals surface area contributed by atoms with Gasteiger partial charge in [-0.25, -0.2) is 0 Å². The van der Waals surface area contributed by atoms with Crippen molar-refractivity contribution in [3.8, 4) is 0 Å². The quantitative estimate of drug-likeness (QED) is 0.852. The lowest BCUT2D eigenvalue weighted by Gasteiger charge is -2.13. The van der Waals surface area contributed by atoms with Crippen LogP contribution in [0.5, 0.6) is 0 Å². The van der Waals surface area contributed by atoms with Crippen LogP contribution in [0.3, 0.4) is 0 Å². The van der Waals surface area contributed by atoms with Crippen LogP contribution in [0.2, 0.25) is 0 Å². The number of nitrogens with zero attached hydrogens (tertiary/aromatic N) is 3. The van der Waals surface area contributed by atoms with Crippen LogP contribution in [0.4, 0.5) is 0 Å². The van der Waals surface area contributed by atoms with E-state index in [0.717, 1.165) is 13.0 Å². The van der Waals surface area contributed by atoms with Crippen molar-refractivity contribution in [2.45, 2.75) is 39.8 Å². The molecule has 0 amide bonds. The van der Waals surface area contributed by atoms with Crippen molar-refractivity contribution in [1.82, 2.24) is 20.0 Å². The molecule has 98 valence electrons. The molecule has 18 heavy (non-hydrogen) atoms. The van der Waals surface area contributed by atoms with Crippen molar-refractivity contribution in [1.29, 1.82) is 0 Å². The zero-order valence-corrected chi connectivity index (χ0v) is 11.2. The Kier molecular flexibility index (Phi) is 4.15. The molecule has 0 aliphatic carbocycles. The number of rotatable bonds is 6. The van der Waals surface area contributed by atoms with E-state index < -0.39 is 0 Å². The molecular formula is C13H20N4O. The smallest absolute Gasteiger partial charge is 0.246 e. The first-order valence-electron chi connectivity index (χ1n) is 6.41. The van der Waals surface area contributed by atoms with E-state index in [4.69, 9.17) is 4.52 Å². The van der Waals surface area contributed by atoms with Gasteiger partial charge in [0, 0.05) is 18.4 Å². The van der Waals surface area contributed by atoms with Crippen LogP contribution in [0, 0.1) is 6.92 Å². The third-order valence-electron chi connectivity index (χ3n) is 2.92. The van der Waals surface area contributed by atoms with Gasteiger partial charge in [-0.3, -0.25) is 0 Å². The lowest BCUT2D eigenvalue weighted by atomic mass is 10.1. The van der Waals surface area contributed by atoms with Gasteiger partial charge >= 0.3 is 0 Å². The summed E-state index contributed by atoms with van der Waals surface area (Å²) in [6, 6.07) is 2.56. The maximum absolute atomic E-state index is 5.11. The Morgan fingerprint density at radius 2 is 2.28 bits per heavy atom. The molecule has 5 nitrogen and oxygen atoms in total. The minimum Gasteiger partial charge on any atom is -0.345 e. The van der Waals surface area contributed by atoms with Crippen molar-refractivity contribution in [3.05, 3.63) is 35.7 Å². The molecule has 0 saturated carbocycles. The summed E-state index contributed by atoms with van der Waals surface area (Å²) in [5.74, 6) is 1.32. The number of hydrogen-bond donors (Lipinski definition) is 1. The van der Waals surface area contributed by atoms with Gasteiger partial charge in [-0.05, 0) is 31.5 Å². The molecule has 0 aromatic carbocycles. The predicted octanol–water partition coefficient (Wildman–Crippen LogP) is 2.29. The van der Waals surface area contributed by atoms with Gasteiger partial charge in [0.15, 0.2) is 5.82 Å². The first-order valence-corrected chi connectivity index (χ1v) is 6.41. The Hall–Kier alpha value is -1.62. The van der Waals surface area contributed by atoms with Gasteiger partial charge in [0.2, 0.25) is 5.89 Å². The average molecular weight is 248 g/mol. The zero-order valence-electron chi connectivity index (χ0n) is 11.2. The van der Waals surface area contributed by atoms with Crippen LogP contribution in [0.25, 0.3) is 0 Å². The Labute approximate surface area is 107 Å². The summed E-state index contributed by atoms with van der Waals surface area (Å²) in [5, 5.41) is 7.25. The van der Waals surface area contributed by atoms with Crippen LogP contribution in [-0.2, 0) is 6.54 Å². The van der Waals surface area contributed by atoms with E-state index in [0.29, 0.717) is 24.3 Å². The van der Waals surface area contributed by atoms with Crippen LogP contribution in [0.15, 0.2) is 23.0 Å². The van der Waals surface area contributed by atoms with E-state index in [9.17, 15) is 0 Å². The minimum absolute atomic E-state index is 0.417. The number of hydrogen-bond acceptors (Lipinski definition) is 4. The van der Waals surface area contributed by atoms with E-state index in [-0.39, 0.29) is 0 Å². The summed E-state index contributed by atoms with van der Waals surface area (Å²) in [6.45, 7) is 7.75. The monoisotopic (exact) mass is 248 g/mol. The van der Waals surface area contributed by atoms with Crippen molar-refractivity contribution < 1.29 is 4.52 Å². The second-order valence-corrected chi connectivity index (χ2v) is 4.37. The third-order valence-corrected chi connectivity index (χ3v) is 2.92. The summed E-state index contributed by atoms with van der Waals surface area (Å²) in [7, 11) is 0. The topological polar surface area (TPSA) is 55.9 Å². The first-order chi connectivity index (χ1) is 8.72. The second kappa shape index (κ2) is 5.82. The molecule has 0 saturated heterocycles. The molecular weight excluding hydrogens is 228 g/mol. The van der Waals surface area contributed by atoms with Crippen molar-refractivity contribution in [2.75, 3.05) is 6.54 Å². The maximum Gasteiger partial charge on any atom is 0.246 e. The van der Waals surface area contributed by atoms with E-state index in [1.54, 1.807) is 0 Å². The Morgan fingerprint density at radius 3 is 2.89 bits per heavy atom. The van der Waals surface area contributed by atoms with Gasteiger partial charge in [-0.1, -0.05) is 19.0 Å². The average Bonchev–Trinajstić information content (AvgIpc) is 2.96. The molecule has 0 fully saturated rings. The predicted molar refractivity (Wildman–Crippen MR) is 69.3 cm³/mol. The van der Waals surface area contributed by atoms with E-state index >= 15 is 0 Å². The molecule has 0 spiro atoms. The van der Waals surface area contributed by atoms with Crippen molar-refractivity contribution in [3.63, 3.8) is 0 Å². The Balaban J connectivity index is 2.05. The van der Waals surface area contributed by atoms with Crippen LogP contribution >= 0.6 is 0 Å². The number of aromatic nitrogens is 3. The molecule has 1 unspecified atom stereocenters. The fourth-order valence-electron chi connectivity index (χ4n) is 2.07. The highest BCUT2D eigenvalue weighted by Crippen LogP contribution is 2.17. The largest absolute Gasteiger partial charge is 0.345 e. The summed E-state index contributed by atoms with van der Waals surface area (Å²) >= 11 is 0. The molecule has 1 N–H and O–H groups in total. The molecule has 2 aromatic rings. The second-order valence-electron chi connectivity index (χ2n) is 4.37. The van der Waals surface area contributed by atoms with Gasteiger partial charge in [-0.15, -0.1) is 0 Å². The van der Waals surface area contributed by atoms with Crippen LogP contribution < -0.4 is 5.32 Å². The highest BCUT2D eigenvalue weighted by atomic mass is 16.5. The standard InChI is InChI=1S/C13H20N4O/c1-4-12(14-5-2)11-6-7-17(8-11)9-13-15-10(3)16-18-13/h6-8,12,14H,4-5,9H2,1-3H3. The Bertz CT molecular complexity index is 489. The van der Waals surface area contributed by atoms with Gasteiger partial charge in [0.1, 0.15) is 6.54 Å². The maximum atomic E-state index is 5.11. The van der Waals surface area contributed by atoms with Gasteiger partial charge < -0.3 is 14.4 Å². The molecule has 0 aliphatic heterocycles. The Morgan fingerprint density at radius 1 is 1.44 bits per heavy atom. The van der Waals surface area contributed by atoms with Crippen LogP contribution in [0.1, 0.15) is 43.6 Å². The summed E-state index contributed by atoms with van der Waals surface area (Å²) in [4.78, 5) is 4.20. The first kappa shape index (κ1) is 12.8. The third kappa shape index (κ3) is 2.98. The molecule has 2 heterocycles. The van der Waals surface area contributed by atoms with Crippen LogP contribution in [-0.4, -0.2) is 21.3 Å². The SMILES string of the molecule is CCNC(CC)c1ccn(Cc2nc(C)no2)c1. The molecule has 1 atom stereocenters. The highest BCUT2D eigenvalue weighted by Gasteiger charge is 2.10. The molecule has 2 rings (SSSR count). The lowest BCUT2D eigenvalue weighted by Crippen LogP contribution is -2.19. The van der Waals surface area contributed by atoms with Gasteiger partial charge in [-0.2, -0.15) is 4.98 Å². The molecule has 5 heteroatoms. The molecule has 0 aliphatic rings. The highest BCUT2D eigenvalue weighted by molar-refractivity contribution is 5.15. The normalized spacial score (nSPS) is 12.8. The number of aryl methyl sites for hydroxylation is 1. The fraction of sp³-hybridized carbons (Fsp3) is 0.538. The minimum atomic E-state index is 0.417. The molecule has 0 bridgehead atoms. The van der Waals surface area contributed by atoms with Crippen molar-refractivity contribution in [2.24, 2.45) is 0 Å². The summed E-state index contributed by atoms with van der Waals surface area (Å²) in [5.41, 5.74) is 1.30. The summed E-state index contributed by atoms with van der Waals surface area (Å²) < 4.78 is 7.19. The van der Waals surface area contributed by atoms with Gasteiger partial charge in [0.25, 0.3) is 0 Å². The molecule has 0 radical (unpaired) electrons. The van der Waals surface area contributed by atoms with Gasteiger partial charge in [0.05, 0.1) is 0 Å². The summed E-state index contributed by atoms with van der Waals surface area (Å²) in [6.07, 6.45) is 5.27.